The first-order valence-electron chi connectivity index (χ1n) is 6.39. The highest BCUT2D eigenvalue weighted by Gasteiger charge is 2.18. The van der Waals surface area contributed by atoms with Crippen molar-refractivity contribution in [2.24, 2.45) is 11.7 Å². The molecule has 0 spiro atoms. The molecule has 0 aromatic carbocycles. The monoisotopic (exact) mass is 263 g/mol. The number of hydrogen-bond acceptors (Lipinski definition) is 4. The lowest BCUT2D eigenvalue weighted by Crippen LogP contribution is -2.37. The maximum Gasteiger partial charge on any atom is 0.211 e. The Balaban J connectivity index is 2.20. The van der Waals surface area contributed by atoms with Gasteiger partial charge < -0.3 is 10.6 Å². The van der Waals surface area contributed by atoms with Crippen molar-refractivity contribution in [1.29, 1.82) is 0 Å². The summed E-state index contributed by atoms with van der Waals surface area (Å²) in [5.74, 6) is 0.701. The average molecular weight is 263 g/mol. The number of nitrogens with zero attached hydrogens (tertiary/aromatic N) is 1. The molecule has 0 aromatic rings. The molecule has 1 fully saturated rings. The van der Waals surface area contributed by atoms with Crippen LogP contribution in [0.15, 0.2) is 0 Å². The Bertz CT molecular complexity index is 298. The predicted octanol–water partition coefficient (Wildman–Crippen LogP) is -0.0135. The number of piperidine rings is 1. The molecule has 0 amide bonds. The Morgan fingerprint density at radius 1 is 1.29 bits per heavy atom. The summed E-state index contributed by atoms with van der Waals surface area (Å²) in [6, 6.07) is 0. The van der Waals surface area contributed by atoms with Gasteiger partial charge in [0.15, 0.2) is 0 Å². The molecule has 102 valence electrons. The second-order valence-electron chi connectivity index (χ2n) is 4.91. The lowest BCUT2D eigenvalue weighted by molar-refractivity contribution is 0.220. The molecule has 1 heterocycles. The van der Waals surface area contributed by atoms with Gasteiger partial charge >= 0.3 is 0 Å². The van der Waals surface area contributed by atoms with Crippen LogP contribution in [-0.2, 0) is 10.0 Å². The molecule has 3 N–H and O–H groups in total. The number of nitrogens with one attached hydrogen (secondary N) is 1. The van der Waals surface area contributed by atoms with Gasteiger partial charge in [0.2, 0.25) is 10.0 Å². The molecule has 1 aliphatic heterocycles. The van der Waals surface area contributed by atoms with E-state index in [1.807, 2.05) is 0 Å². The first-order chi connectivity index (χ1) is 8.03. The van der Waals surface area contributed by atoms with Crippen LogP contribution in [0.2, 0.25) is 0 Å². The fourth-order valence-electron chi connectivity index (χ4n) is 2.02. The molecule has 5 nitrogen and oxygen atoms in total. The molecular weight excluding hydrogens is 238 g/mol. The normalized spacial score (nSPS) is 19.6. The molecule has 6 heteroatoms. The van der Waals surface area contributed by atoms with Crippen LogP contribution in [0.3, 0.4) is 0 Å². The van der Waals surface area contributed by atoms with Crippen LogP contribution in [-0.4, -0.2) is 52.3 Å². The largest absolute Gasteiger partial charge is 0.330 e. The Labute approximate surface area is 105 Å². The minimum atomic E-state index is -3.09. The lowest BCUT2D eigenvalue weighted by Gasteiger charge is -2.28. The van der Waals surface area contributed by atoms with Gasteiger partial charge in [-0.15, -0.1) is 0 Å². The standard InChI is InChI=1S/C11H25N3O2S/c1-14-7-4-11(5-8-14)10-13-17(15,16)9-3-2-6-12/h11,13H,2-10,12H2,1H3. The third-order valence-corrected chi connectivity index (χ3v) is 4.73. The van der Waals surface area contributed by atoms with Crippen LogP contribution in [0, 0.1) is 5.92 Å². The van der Waals surface area contributed by atoms with Gasteiger partial charge in [-0.25, -0.2) is 13.1 Å². The summed E-state index contributed by atoms with van der Waals surface area (Å²) >= 11 is 0. The van der Waals surface area contributed by atoms with Gasteiger partial charge in [0.1, 0.15) is 0 Å². The van der Waals surface area contributed by atoms with E-state index in [2.05, 4.69) is 16.7 Å². The highest BCUT2D eigenvalue weighted by Crippen LogP contribution is 2.15. The third kappa shape index (κ3) is 6.35. The third-order valence-electron chi connectivity index (χ3n) is 3.30. The molecule has 0 radical (unpaired) electrons. The summed E-state index contributed by atoms with van der Waals surface area (Å²) in [6.45, 7) is 3.29. The topological polar surface area (TPSA) is 75.4 Å². The van der Waals surface area contributed by atoms with Gasteiger partial charge in [0, 0.05) is 6.54 Å². The highest BCUT2D eigenvalue weighted by molar-refractivity contribution is 7.89. The summed E-state index contributed by atoms with van der Waals surface area (Å²) in [5, 5.41) is 0. The van der Waals surface area contributed by atoms with E-state index < -0.39 is 10.0 Å². The Morgan fingerprint density at radius 3 is 2.53 bits per heavy atom. The molecule has 1 rings (SSSR count). The van der Waals surface area contributed by atoms with E-state index >= 15 is 0 Å². The molecule has 0 aliphatic carbocycles. The smallest absolute Gasteiger partial charge is 0.211 e. The van der Waals surface area contributed by atoms with E-state index in [1.165, 1.54) is 0 Å². The van der Waals surface area contributed by atoms with Crippen molar-refractivity contribution in [3.05, 3.63) is 0 Å². The number of rotatable bonds is 7. The number of nitrogens with two attached hydrogens (primary N) is 1. The summed E-state index contributed by atoms with van der Waals surface area (Å²) in [4.78, 5) is 2.28. The molecular formula is C11H25N3O2S. The Hall–Kier alpha value is -0.170. The van der Waals surface area contributed by atoms with E-state index in [-0.39, 0.29) is 5.75 Å². The maximum atomic E-state index is 11.7. The van der Waals surface area contributed by atoms with Crippen molar-refractivity contribution in [2.75, 3.05) is 39.0 Å². The number of sulfonamides is 1. The zero-order valence-electron chi connectivity index (χ0n) is 10.7. The van der Waals surface area contributed by atoms with Crippen LogP contribution in [0.1, 0.15) is 25.7 Å². The fourth-order valence-corrected chi connectivity index (χ4v) is 3.24. The maximum absolute atomic E-state index is 11.7. The van der Waals surface area contributed by atoms with Crippen LogP contribution in [0.4, 0.5) is 0 Å². The summed E-state index contributed by atoms with van der Waals surface area (Å²) in [6.07, 6.45) is 3.60. The SMILES string of the molecule is CN1CCC(CNS(=O)(=O)CCCCN)CC1. The van der Waals surface area contributed by atoms with Crippen molar-refractivity contribution < 1.29 is 8.42 Å². The molecule has 0 aromatic heterocycles. The second kappa shape index (κ2) is 7.31. The summed E-state index contributed by atoms with van der Waals surface area (Å²) < 4.78 is 26.0. The minimum Gasteiger partial charge on any atom is -0.330 e. The molecule has 17 heavy (non-hydrogen) atoms. The molecule has 1 aliphatic rings. The Kier molecular flexibility index (Phi) is 6.40. The Morgan fingerprint density at radius 2 is 1.94 bits per heavy atom. The number of unbranched alkanes of at least 4 members (excludes halogenated alkanes) is 1. The van der Waals surface area contributed by atoms with Gasteiger partial charge in [-0.1, -0.05) is 0 Å². The van der Waals surface area contributed by atoms with Gasteiger partial charge in [-0.3, -0.25) is 0 Å². The van der Waals surface area contributed by atoms with Crippen LogP contribution in [0.5, 0.6) is 0 Å². The zero-order valence-corrected chi connectivity index (χ0v) is 11.5. The van der Waals surface area contributed by atoms with Crippen molar-refractivity contribution in [3.63, 3.8) is 0 Å². The van der Waals surface area contributed by atoms with Gasteiger partial charge in [0.25, 0.3) is 0 Å². The van der Waals surface area contributed by atoms with E-state index in [0.29, 0.717) is 25.4 Å². The van der Waals surface area contributed by atoms with Crippen LogP contribution < -0.4 is 10.5 Å². The van der Waals surface area contributed by atoms with E-state index in [0.717, 1.165) is 32.4 Å². The lowest BCUT2D eigenvalue weighted by atomic mass is 9.98. The van der Waals surface area contributed by atoms with E-state index in [1.54, 1.807) is 0 Å². The van der Waals surface area contributed by atoms with Crippen LogP contribution >= 0.6 is 0 Å². The van der Waals surface area contributed by atoms with Crippen molar-refractivity contribution in [3.8, 4) is 0 Å². The molecule has 0 saturated carbocycles. The highest BCUT2D eigenvalue weighted by atomic mass is 32.2. The van der Waals surface area contributed by atoms with E-state index in [9.17, 15) is 8.42 Å². The predicted molar refractivity (Wildman–Crippen MR) is 70.3 cm³/mol. The summed E-state index contributed by atoms with van der Waals surface area (Å²) in [7, 11) is -0.982. The minimum absolute atomic E-state index is 0.205. The van der Waals surface area contributed by atoms with Crippen molar-refractivity contribution >= 4 is 10.0 Å². The van der Waals surface area contributed by atoms with Crippen molar-refractivity contribution in [2.45, 2.75) is 25.7 Å². The van der Waals surface area contributed by atoms with Crippen LogP contribution in [0.25, 0.3) is 0 Å². The molecule has 0 atom stereocenters. The first kappa shape index (κ1) is 14.9. The summed E-state index contributed by atoms with van der Waals surface area (Å²) in [5.41, 5.74) is 5.34. The molecule has 0 unspecified atom stereocenters. The average Bonchev–Trinajstić information content (AvgIpc) is 2.29. The number of hydrogen-bond donors (Lipinski definition) is 2. The van der Waals surface area contributed by atoms with Gasteiger partial charge in [0.05, 0.1) is 5.75 Å². The number of likely N-dealkylation sites (tertiary alicyclic amines) is 1. The fraction of sp³-hybridized carbons (Fsp3) is 1.00. The van der Waals surface area contributed by atoms with Gasteiger partial charge in [-0.2, -0.15) is 0 Å². The first-order valence-corrected chi connectivity index (χ1v) is 8.04. The second-order valence-corrected chi connectivity index (χ2v) is 6.84. The van der Waals surface area contributed by atoms with Crippen molar-refractivity contribution in [1.82, 2.24) is 9.62 Å². The van der Waals surface area contributed by atoms with E-state index in [4.69, 9.17) is 5.73 Å². The molecule has 0 bridgehead atoms. The molecule has 1 saturated heterocycles. The van der Waals surface area contributed by atoms with Gasteiger partial charge in [-0.05, 0) is 58.3 Å². The quantitative estimate of drug-likeness (QED) is 0.633. The zero-order chi connectivity index (χ0) is 12.7.